The maximum atomic E-state index is 11.6. The van der Waals surface area contributed by atoms with Crippen LogP contribution in [0.4, 0.5) is 8.78 Å². The SMILES string of the molecule is O=C1CC(C(F)F)=NN1. The minimum Gasteiger partial charge on any atom is -0.273 e. The van der Waals surface area contributed by atoms with Crippen LogP contribution in [0, 0.1) is 0 Å². The molecule has 1 heterocycles. The molecule has 0 aromatic carbocycles. The highest BCUT2D eigenvalue weighted by atomic mass is 19.3. The summed E-state index contributed by atoms with van der Waals surface area (Å²) in [5.74, 6) is -0.467. The molecular formula is C4H4F2N2O. The summed E-state index contributed by atoms with van der Waals surface area (Å²) >= 11 is 0. The molecule has 3 nitrogen and oxygen atoms in total. The van der Waals surface area contributed by atoms with Gasteiger partial charge in [0.05, 0.1) is 6.42 Å². The van der Waals surface area contributed by atoms with Gasteiger partial charge in [0.25, 0.3) is 6.43 Å². The number of carbonyl (C=O) groups is 1. The Kier molecular flexibility index (Phi) is 1.42. The van der Waals surface area contributed by atoms with Crippen molar-refractivity contribution in [3.05, 3.63) is 0 Å². The van der Waals surface area contributed by atoms with Crippen molar-refractivity contribution in [3.63, 3.8) is 0 Å². The first-order valence-electron chi connectivity index (χ1n) is 2.33. The maximum Gasteiger partial charge on any atom is 0.278 e. The summed E-state index contributed by atoms with van der Waals surface area (Å²) in [5, 5.41) is 3.08. The minimum atomic E-state index is -2.61. The van der Waals surface area contributed by atoms with Crippen molar-refractivity contribution >= 4 is 11.6 Å². The van der Waals surface area contributed by atoms with Gasteiger partial charge in [0.1, 0.15) is 5.71 Å². The number of nitrogens with one attached hydrogen (secondary N) is 1. The first-order valence-corrected chi connectivity index (χ1v) is 2.33. The number of nitrogens with zero attached hydrogens (tertiary/aromatic N) is 1. The van der Waals surface area contributed by atoms with Gasteiger partial charge in [-0.25, -0.2) is 14.2 Å². The second-order valence-corrected chi connectivity index (χ2v) is 1.62. The van der Waals surface area contributed by atoms with Gasteiger partial charge in [-0.05, 0) is 0 Å². The molecule has 1 N–H and O–H groups in total. The van der Waals surface area contributed by atoms with Crippen molar-refractivity contribution in [1.29, 1.82) is 0 Å². The summed E-state index contributed by atoms with van der Waals surface area (Å²) in [6, 6.07) is 0. The van der Waals surface area contributed by atoms with E-state index in [2.05, 4.69) is 5.10 Å². The first kappa shape index (κ1) is 6.12. The number of hydrogen-bond donors (Lipinski definition) is 1. The van der Waals surface area contributed by atoms with E-state index >= 15 is 0 Å². The fraction of sp³-hybridized carbons (Fsp3) is 0.500. The topological polar surface area (TPSA) is 41.5 Å². The number of carbonyl (C=O) groups excluding carboxylic acids is 1. The van der Waals surface area contributed by atoms with Crippen LogP contribution < -0.4 is 5.43 Å². The highest BCUT2D eigenvalue weighted by Crippen LogP contribution is 2.04. The minimum absolute atomic E-state index is 0.266. The van der Waals surface area contributed by atoms with E-state index in [0.29, 0.717) is 0 Å². The molecule has 0 saturated heterocycles. The van der Waals surface area contributed by atoms with E-state index in [4.69, 9.17) is 0 Å². The van der Waals surface area contributed by atoms with Crippen LogP contribution in [0.1, 0.15) is 6.42 Å². The molecule has 1 aliphatic rings. The van der Waals surface area contributed by atoms with Gasteiger partial charge >= 0.3 is 0 Å². The van der Waals surface area contributed by atoms with Crippen LogP contribution in [0.25, 0.3) is 0 Å². The molecule has 0 radical (unpaired) electrons. The lowest BCUT2D eigenvalue weighted by Gasteiger charge is -1.89. The summed E-state index contributed by atoms with van der Waals surface area (Å²) in [6.45, 7) is 0. The second kappa shape index (κ2) is 2.08. The van der Waals surface area contributed by atoms with E-state index in [1.54, 1.807) is 0 Å². The van der Waals surface area contributed by atoms with Gasteiger partial charge in [0.2, 0.25) is 5.91 Å². The average molecular weight is 134 g/mol. The first-order chi connectivity index (χ1) is 4.20. The lowest BCUT2D eigenvalue weighted by Crippen LogP contribution is -2.11. The Morgan fingerprint density at radius 3 is 2.56 bits per heavy atom. The molecule has 0 aliphatic carbocycles. The Labute approximate surface area is 49.7 Å². The summed E-state index contributed by atoms with van der Waals surface area (Å²) in [5.41, 5.74) is 1.54. The fourth-order valence-corrected chi connectivity index (χ4v) is 0.504. The van der Waals surface area contributed by atoms with E-state index in [9.17, 15) is 13.6 Å². The number of hydrazone groups is 1. The highest BCUT2D eigenvalue weighted by molar-refractivity contribution is 6.06. The third kappa shape index (κ3) is 1.22. The third-order valence-electron chi connectivity index (χ3n) is 0.918. The molecule has 0 aromatic rings. The zero-order chi connectivity index (χ0) is 6.85. The van der Waals surface area contributed by atoms with Crippen LogP contribution in [0.3, 0.4) is 0 Å². The zero-order valence-corrected chi connectivity index (χ0v) is 4.40. The molecule has 0 unspecified atom stereocenters. The lowest BCUT2D eigenvalue weighted by molar-refractivity contribution is -0.119. The second-order valence-electron chi connectivity index (χ2n) is 1.62. The smallest absolute Gasteiger partial charge is 0.273 e. The van der Waals surface area contributed by atoms with Crippen LogP contribution in [0.2, 0.25) is 0 Å². The molecule has 0 saturated carbocycles. The van der Waals surface area contributed by atoms with Crippen molar-refractivity contribution in [3.8, 4) is 0 Å². The quantitative estimate of drug-likeness (QED) is 0.544. The van der Waals surface area contributed by atoms with Gasteiger partial charge in [-0.2, -0.15) is 5.10 Å². The third-order valence-corrected chi connectivity index (χ3v) is 0.918. The number of alkyl halides is 2. The van der Waals surface area contributed by atoms with Crippen LogP contribution >= 0.6 is 0 Å². The standard InChI is InChI=1S/C4H4F2N2O/c5-4(6)2-1-3(9)8-7-2/h4H,1H2,(H,8,9). The molecule has 0 bridgehead atoms. The summed E-state index contributed by atoms with van der Waals surface area (Å²) in [4.78, 5) is 10.2. The summed E-state index contributed by atoms with van der Waals surface area (Å²) in [7, 11) is 0. The monoisotopic (exact) mass is 134 g/mol. The normalized spacial score (nSPS) is 18.1. The van der Waals surface area contributed by atoms with Crippen molar-refractivity contribution in [2.45, 2.75) is 12.8 Å². The van der Waals surface area contributed by atoms with E-state index < -0.39 is 12.3 Å². The van der Waals surface area contributed by atoms with Gasteiger partial charge in [-0.1, -0.05) is 0 Å². The Morgan fingerprint density at radius 1 is 1.67 bits per heavy atom. The van der Waals surface area contributed by atoms with Crippen molar-refractivity contribution in [2.24, 2.45) is 5.10 Å². The van der Waals surface area contributed by atoms with Crippen LogP contribution in [0.15, 0.2) is 5.10 Å². The van der Waals surface area contributed by atoms with Crippen LogP contribution in [0.5, 0.6) is 0 Å². The Bertz CT molecular complexity index is 166. The number of amides is 1. The summed E-state index contributed by atoms with van der Waals surface area (Å²) in [6.07, 6.45) is -2.87. The average Bonchev–Trinajstić information content (AvgIpc) is 2.14. The zero-order valence-electron chi connectivity index (χ0n) is 4.40. The molecule has 1 aliphatic heterocycles. The largest absolute Gasteiger partial charge is 0.278 e. The number of halogens is 2. The Morgan fingerprint density at radius 2 is 2.33 bits per heavy atom. The van der Waals surface area contributed by atoms with Crippen LogP contribution in [-0.2, 0) is 4.79 Å². The van der Waals surface area contributed by atoms with Gasteiger partial charge in [-0.15, -0.1) is 0 Å². The Balaban J connectivity index is 2.55. The predicted molar refractivity (Wildman–Crippen MR) is 26.2 cm³/mol. The molecule has 5 heteroatoms. The van der Waals surface area contributed by atoms with Gasteiger partial charge in [0, 0.05) is 0 Å². The van der Waals surface area contributed by atoms with E-state index in [-0.39, 0.29) is 12.1 Å². The molecular weight excluding hydrogens is 130 g/mol. The van der Waals surface area contributed by atoms with Gasteiger partial charge in [-0.3, -0.25) is 4.79 Å². The van der Waals surface area contributed by atoms with E-state index in [1.165, 1.54) is 0 Å². The van der Waals surface area contributed by atoms with Crippen molar-refractivity contribution in [2.75, 3.05) is 0 Å². The molecule has 50 valence electrons. The molecule has 1 amide bonds. The molecule has 0 aromatic heterocycles. The molecule has 0 fully saturated rings. The number of rotatable bonds is 1. The molecule has 0 spiro atoms. The van der Waals surface area contributed by atoms with Crippen LogP contribution in [-0.4, -0.2) is 18.0 Å². The fourth-order valence-electron chi connectivity index (χ4n) is 0.504. The maximum absolute atomic E-state index is 11.6. The van der Waals surface area contributed by atoms with E-state index in [0.717, 1.165) is 0 Å². The van der Waals surface area contributed by atoms with Crippen molar-refractivity contribution < 1.29 is 13.6 Å². The summed E-state index contributed by atoms with van der Waals surface area (Å²) < 4.78 is 23.2. The highest BCUT2D eigenvalue weighted by Gasteiger charge is 2.21. The van der Waals surface area contributed by atoms with Crippen molar-refractivity contribution in [1.82, 2.24) is 5.43 Å². The number of hydrogen-bond acceptors (Lipinski definition) is 2. The lowest BCUT2D eigenvalue weighted by atomic mass is 10.3. The van der Waals surface area contributed by atoms with Gasteiger partial charge < -0.3 is 0 Å². The molecule has 9 heavy (non-hydrogen) atoms. The molecule has 0 atom stereocenters. The predicted octanol–water partition coefficient (Wildman–Crippen LogP) is 0.127. The van der Waals surface area contributed by atoms with Gasteiger partial charge in [0.15, 0.2) is 0 Å². The Hall–Kier alpha value is -1.00. The molecule has 1 rings (SSSR count). The van der Waals surface area contributed by atoms with E-state index in [1.807, 2.05) is 5.43 Å².